The molecule has 1 aliphatic rings. The van der Waals surface area contributed by atoms with Gasteiger partial charge in [0.2, 0.25) is 0 Å². The van der Waals surface area contributed by atoms with Gasteiger partial charge in [-0.2, -0.15) is 5.10 Å². The second-order valence-corrected chi connectivity index (χ2v) is 4.74. The number of hydrogen-bond acceptors (Lipinski definition) is 4. The Kier molecular flexibility index (Phi) is 3.68. The summed E-state index contributed by atoms with van der Waals surface area (Å²) >= 11 is 0. The Morgan fingerprint density at radius 2 is 2.32 bits per heavy atom. The molecule has 2 heterocycles. The van der Waals surface area contributed by atoms with Crippen molar-refractivity contribution >= 4 is 12.0 Å². The highest BCUT2D eigenvalue weighted by Crippen LogP contribution is 2.23. The summed E-state index contributed by atoms with van der Waals surface area (Å²) in [6.45, 7) is 2.49. The number of aromatic nitrogens is 3. The number of aliphatic carboxylic acids is 1. The van der Waals surface area contributed by atoms with E-state index in [1.807, 2.05) is 6.92 Å². The van der Waals surface area contributed by atoms with E-state index in [1.165, 1.54) is 4.90 Å². The van der Waals surface area contributed by atoms with Crippen LogP contribution in [-0.4, -0.2) is 49.4 Å². The summed E-state index contributed by atoms with van der Waals surface area (Å²) in [5.74, 6) is -0.498. The van der Waals surface area contributed by atoms with Crippen molar-refractivity contribution in [1.29, 1.82) is 0 Å². The molecule has 2 amide bonds. The largest absolute Gasteiger partial charge is 0.480 e. The Labute approximate surface area is 110 Å². The van der Waals surface area contributed by atoms with Crippen LogP contribution < -0.4 is 5.32 Å². The molecule has 0 aliphatic carbocycles. The molecule has 8 heteroatoms. The molecule has 104 valence electrons. The average Bonchev–Trinajstić information content (AvgIpc) is 2.92. The van der Waals surface area contributed by atoms with Gasteiger partial charge in [0.1, 0.15) is 12.4 Å². The molecule has 2 rings (SSSR count). The van der Waals surface area contributed by atoms with Crippen LogP contribution >= 0.6 is 0 Å². The molecular formula is C11H17N5O3. The van der Waals surface area contributed by atoms with E-state index >= 15 is 0 Å². The van der Waals surface area contributed by atoms with E-state index in [4.69, 9.17) is 5.11 Å². The molecule has 1 aromatic heterocycles. The summed E-state index contributed by atoms with van der Waals surface area (Å²) in [6.07, 6.45) is 2.24. The van der Waals surface area contributed by atoms with Gasteiger partial charge in [-0.25, -0.2) is 14.6 Å². The number of urea groups is 1. The van der Waals surface area contributed by atoms with Crippen LogP contribution in [0, 0.1) is 5.92 Å². The quantitative estimate of drug-likeness (QED) is 0.791. The lowest BCUT2D eigenvalue weighted by molar-refractivity contribution is -0.142. The van der Waals surface area contributed by atoms with Gasteiger partial charge < -0.3 is 15.3 Å². The standard InChI is InChI=1S/C11H17N5O3/c1-7-3-4-16(9(7)10(17)18)11(19)12-5-8-13-6-15(2)14-8/h6-7,9H,3-5H2,1-2H3,(H,12,19)(H,17,18). The Balaban J connectivity index is 1.94. The molecule has 19 heavy (non-hydrogen) atoms. The van der Waals surface area contributed by atoms with Gasteiger partial charge in [0.05, 0.1) is 6.54 Å². The highest BCUT2D eigenvalue weighted by molar-refractivity contribution is 5.83. The maximum Gasteiger partial charge on any atom is 0.326 e. The van der Waals surface area contributed by atoms with Crippen LogP contribution in [0.25, 0.3) is 0 Å². The fourth-order valence-corrected chi connectivity index (χ4v) is 2.27. The molecule has 1 aliphatic heterocycles. The lowest BCUT2D eigenvalue weighted by atomic mass is 10.0. The summed E-state index contributed by atoms with van der Waals surface area (Å²) in [7, 11) is 1.74. The number of aryl methyl sites for hydroxylation is 1. The maximum atomic E-state index is 12.0. The van der Waals surface area contributed by atoms with Crippen molar-refractivity contribution in [3.05, 3.63) is 12.2 Å². The van der Waals surface area contributed by atoms with Crippen LogP contribution in [0.15, 0.2) is 6.33 Å². The Morgan fingerprint density at radius 3 is 2.89 bits per heavy atom. The lowest BCUT2D eigenvalue weighted by Gasteiger charge is -2.23. The molecule has 0 saturated carbocycles. The fraction of sp³-hybridized carbons (Fsp3) is 0.636. The predicted octanol–water partition coefficient (Wildman–Crippen LogP) is -0.180. The third kappa shape index (κ3) is 2.83. The predicted molar refractivity (Wildman–Crippen MR) is 65.1 cm³/mol. The minimum absolute atomic E-state index is 0.0313. The average molecular weight is 267 g/mol. The third-order valence-corrected chi connectivity index (χ3v) is 3.26. The highest BCUT2D eigenvalue weighted by atomic mass is 16.4. The first-order valence-corrected chi connectivity index (χ1v) is 6.11. The van der Waals surface area contributed by atoms with Crippen LogP contribution in [0.1, 0.15) is 19.2 Å². The number of likely N-dealkylation sites (tertiary alicyclic amines) is 1. The van der Waals surface area contributed by atoms with Crippen molar-refractivity contribution in [3.63, 3.8) is 0 Å². The molecule has 2 unspecified atom stereocenters. The van der Waals surface area contributed by atoms with Gasteiger partial charge in [-0.05, 0) is 12.3 Å². The molecule has 0 radical (unpaired) electrons. The van der Waals surface area contributed by atoms with Crippen LogP contribution in [0.4, 0.5) is 4.79 Å². The highest BCUT2D eigenvalue weighted by Gasteiger charge is 2.39. The molecule has 0 aromatic carbocycles. The van der Waals surface area contributed by atoms with Gasteiger partial charge in [-0.3, -0.25) is 4.68 Å². The summed E-state index contributed by atoms with van der Waals surface area (Å²) < 4.78 is 1.54. The van der Waals surface area contributed by atoms with Gasteiger partial charge in [0.25, 0.3) is 0 Å². The van der Waals surface area contributed by atoms with E-state index < -0.39 is 12.0 Å². The molecule has 0 spiro atoms. The zero-order valence-corrected chi connectivity index (χ0v) is 10.9. The number of carboxylic acid groups (broad SMARTS) is 1. The van der Waals surface area contributed by atoms with E-state index in [0.29, 0.717) is 18.8 Å². The van der Waals surface area contributed by atoms with Crippen LogP contribution in [0.2, 0.25) is 0 Å². The van der Waals surface area contributed by atoms with E-state index in [-0.39, 0.29) is 18.5 Å². The number of nitrogens with one attached hydrogen (secondary N) is 1. The van der Waals surface area contributed by atoms with Crippen molar-refractivity contribution in [3.8, 4) is 0 Å². The molecule has 1 saturated heterocycles. The first-order valence-electron chi connectivity index (χ1n) is 6.11. The van der Waals surface area contributed by atoms with Crippen molar-refractivity contribution in [2.24, 2.45) is 13.0 Å². The summed E-state index contributed by atoms with van der Waals surface area (Å²) in [5, 5.41) is 15.8. The number of hydrogen-bond donors (Lipinski definition) is 2. The Hall–Kier alpha value is -2.12. The minimum Gasteiger partial charge on any atom is -0.480 e. The number of carbonyl (C=O) groups excluding carboxylic acids is 1. The normalized spacial score (nSPS) is 22.5. The first-order chi connectivity index (χ1) is 8.99. The van der Waals surface area contributed by atoms with Crippen LogP contribution in [0.5, 0.6) is 0 Å². The molecule has 0 bridgehead atoms. The van der Waals surface area contributed by atoms with E-state index in [9.17, 15) is 9.59 Å². The third-order valence-electron chi connectivity index (χ3n) is 3.26. The van der Waals surface area contributed by atoms with Crippen LogP contribution in [-0.2, 0) is 18.4 Å². The van der Waals surface area contributed by atoms with Crippen molar-refractivity contribution in [1.82, 2.24) is 25.0 Å². The van der Waals surface area contributed by atoms with E-state index in [0.717, 1.165) is 0 Å². The maximum absolute atomic E-state index is 12.0. The molecule has 2 N–H and O–H groups in total. The van der Waals surface area contributed by atoms with Gasteiger partial charge in [0.15, 0.2) is 5.82 Å². The van der Waals surface area contributed by atoms with Crippen molar-refractivity contribution in [2.45, 2.75) is 25.9 Å². The zero-order chi connectivity index (χ0) is 14.0. The molecular weight excluding hydrogens is 250 g/mol. The topological polar surface area (TPSA) is 100 Å². The van der Waals surface area contributed by atoms with Crippen LogP contribution in [0.3, 0.4) is 0 Å². The first kappa shape index (κ1) is 13.3. The monoisotopic (exact) mass is 267 g/mol. The van der Waals surface area contributed by atoms with E-state index in [2.05, 4.69) is 15.4 Å². The minimum atomic E-state index is -0.962. The molecule has 1 aromatic rings. The van der Waals surface area contributed by atoms with Gasteiger partial charge in [-0.15, -0.1) is 0 Å². The number of nitrogens with zero attached hydrogens (tertiary/aromatic N) is 4. The number of rotatable bonds is 3. The van der Waals surface area contributed by atoms with Crippen molar-refractivity contribution in [2.75, 3.05) is 6.54 Å². The zero-order valence-electron chi connectivity index (χ0n) is 10.9. The summed E-state index contributed by atoms with van der Waals surface area (Å²) in [6, 6.07) is -1.14. The van der Waals surface area contributed by atoms with Gasteiger partial charge >= 0.3 is 12.0 Å². The van der Waals surface area contributed by atoms with Gasteiger partial charge in [0, 0.05) is 13.6 Å². The Morgan fingerprint density at radius 1 is 1.58 bits per heavy atom. The smallest absolute Gasteiger partial charge is 0.326 e. The summed E-state index contributed by atoms with van der Waals surface area (Å²) in [5.41, 5.74) is 0. The number of amides is 2. The second kappa shape index (κ2) is 5.25. The van der Waals surface area contributed by atoms with Crippen molar-refractivity contribution < 1.29 is 14.7 Å². The Bertz CT molecular complexity index is 486. The SMILES string of the molecule is CC1CCN(C(=O)NCc2ncn(C)n2)C1C(=O)O. The van der Waals surface area contributed by atoms with E-state index in [1.54, 1.807) is 18.1 Å². The number of carboxylic acids is 1. The lowest BCUT2D eigenvalue weighted by Crippen LogP contribution is -2.47. The second-order valence-electron chi connectivity index (χ2n) is 4.74. The molecule has 2 atom stereocenters. The molecule has 8 nitrogen and oxygen atoms in total. The number of carbonyl (C=O) groups is 2. The van der Waals surface area contributed by atoms with Gasteiger partial charge in [-0.1, -0.05) is 6.92 Å². The molecule has 1 fully saturated rings. The fourth-order valence-electron chi connectivity index (χ4n) is 2.27. The summed E-state index contributed by atoms with van der Waals surface area (Å²) in [4.78, 5) is 28.5.